The minimum absolute atomic E-state index is 0.0588. The first-order chi connectivity index (χ1) is 11.0. The van der Waals surface area contributed by atoms with E-state index in [0.717, 1.165) is 12.8 Å². The first kappa shape index (κ1) is 16.4. The van der Waals surface area contributed by atoms with Crippen molar-refractivity contribution in [1.29, 1.82) is 0 Å². The van der Waals surface area contributed by atoms with Crippen LogP contribution in [-0.2, 0) is 19.5 Å². The fourth-order valence-corrected chi connectivity index (χ4v) is 4.34. The maximum atomic E-state index is 14.0. The number of aromatic nitrogens is 1. The summed E-state index contributed by atoms with van der Waals surface area (Å²) in [5, 5.41) is 0.0588. The molecule has 1 aliphatic rings. The van der Waals surface area contributed by atoms with Crippen molar-refractivity contribution in [1.82, 2.24) is 9.71 Å². The average Bonchev–Trinajstić information content (AvgIpc) is 3.17. The number of sulfonamides is 1. The van der Waals surface area contributed by atoms with Crippen LogP contribution in [0.1, 0.15) is 12.8 Å². The molecule has 3 rings (SSSR count). The molecule has 2 N–H and O–H groups in total. The van der Waals surface area contributed by atoms with Crippen LogP contribution < -0.4 is 4.72 Å². The van der Waals surface area contributed by atoms with E-state index in [1.54, 1.807) is 6.07 Å². The Morgan fingerprint density at radius 3 is 3.04 bits per heavy atom. The van der Waals surface area contributed by atoms with E-state index in [2.05, 4.69) is 9.71 Å². The van der Waals surface area contributed by atoms with Crippen molar-refractivity contribution in [3.63, 3.8) is 0 Å². The molecule has 1 aromatic carbocycles. The third-order valence-electron chi connectivity index (χ3n) is 3.97. The Balaban J connectivity index is 1.93. The number of H-pyrrole nitrogens is 1. The number of methoxy groups -OCH3 is 1. The van der Waals surface area contributed by atoms with Crippen LogP contribution >= 0.6 is 0 Å². The van der Waals surface area contributed by atoms with Gasteiger partial charge in [-0.2, -0.15) is 0 Å². The highest BCUT2D eigenvalue weighted by atomic mass is 32.2. The van der Waals surface area contributed by atoms with Gasteiger partial charge >= 0.3 is 0 Å². The summed E-state index contributed by atoms with van der Waals surface area (Å²) in [6.45, 7) is 0.795. The zero-order valence-corrected chi connectivity index (χ0v) is 13.5. The van der Waals surface area contributed by atoms with Crippen molar-refractivity contribution >= 4 is 20.9 Å². The molecule has 0 unspecified atom stereocenters. The highest BCUT2D eigenvalue weighted by Crippen LogP contribution is 2.26. The fourth-order valence-electron chi connectivity index (χ4n) is 2.90. The lowest BCUT2D eigenvalue weighted by molar-refractivity contribution is 0.0515. The van der Waals surface area contributed by atoms with E-state index in [9.17, 15) is 12.8 Å². The Kier molecular flexibility index (Phi) is 4.67. The number of ether oxygens (including phenoxy) is 2. The lowest BCUT2D eigenvalue weighted by atomic mass is 10.1. The standard InChI is InChI=1S/C15H19FN2O4S/c1-21-9-12(13-6-3-7-22-13)18-23(19,20)14-8-17-11-5-2-4-10(16)15(11)14/h2,4-5,8,12-13,17-18H,3,6-7,9H2,1H3/t12-,13+/m1/s1. The number of hydrogen-bond acceptors (Lipinski definition) is 4. The molecule has 126 valence electrons. The van der Waals surface area contributed by atoms with Gasteiger partial charge in [0, 0.05) is 25.4 Å². The number of hydrogen-bond donors (Lipinski definition) is 2. The number of fused-ring (bicyclic) bond motifs is 1. The molecular formula is C15H19FN2O4S. The topological polar surface area (TPSA) is 80.4 Å². The zero-order chi connectivity index (χ0) is 16.4. The summed E-state index contributed by atoms with van der Waals surface area (Å²) >= 11 is 0. The normalized spacial score (nSPS) is 20.2. The van der Waals surface area contributed by atoms with Gasteiger partial charge in [0.25, 0.3) is 0 Å². The number of nitrogens with one attached hydrogen (secondary N) is 2. The Bertz CT molecular complexity index is 784. The Morgan fingerprint density at radius 1 is 1.52 bits per heavy atom. The van der Waals surface area contributed by atoms with Gasteiger partial charge in [-0.1, -0.05) is 6.07 Å². The van der Waals surface area contributed by atoms with Crippen molar-refractivity contribution in [2.45, 2.75) is 29.9 Å². The molecule has 2 aromatic rings. The monoisotopic (exact) mass is 342 g/mol. The van der Waals surface area contributed by atoms with Crippen LogP contribution in [0.3, 0.4) is 0 Å². The second-order valence-corrected chi connectivity index (χ2v) is 7.23. The summed E-state index contributed by atoms with van der Waals surface area (Å²) in [5.41, 5.74) is 0.436. The molecule has 1 saturated heterocycles. The van der Waals surface area contributed by atoms with Crippen molar-refractivity contribution < 1.29 is 22.3 Å². The molecule has 8 heteroatoms. The smallest absolute Gasteiger partial charge is 0.243 e. The quantitative estimate of drug-likeness (QED) is 0.839. The molecule has 0 radical (unpaired) electrons. The molecule has 1 aliphatic heterocycles. The van der Waals surface area contributed by atoms with Gasteiger partial charge in [0.05, 0.1) is 24.1 Å². The highest BCUT2D eigenvalue weighted by Gasteiger charge is 2.31. The molecule has 0 amide bonds. The Hall–Kier alpha value is -1.48. The Morgan fingerprint density at radius 2 is 2.35 bits per heavy atom. The summed E-state index contributed by atoms with van der Waals surface area (Å²) in [4.78, 5) is 2.68. The summed E-state index contributed by atoms with van der Waals surface area (Å²) in [7, 11) is -2.40. The van der Waals surface area contributed by atoms with Crippen LogP contribution in [0.5, 0.6) is 0 Å². The molecular weight excluding hydrogens is 323 g/mol. The van der Waals surface area contributed by atoms with Crippen LogP contribution in [0.4, 0.5) is 4.39 Å². The van der Waals surface area contributed by atoms with Gasteiger partial charge in [0.15, 0.2) is 0 Å². The maximum Gasteiger partial charge on any atom is 0.243 e. The van der Waals surface area contributed by atoms with E-state index in [4.69, 9.17) is 9.47 Å². The number of rotatable bonds is 6. The van der Waals surface area contributed by atoms with E-state index in [1.165, 1.54) is 25.4 Å². The van der Waals surface area contributed by atoms with E-state index in [-0.39, 0.29) is 23.0 Å². The molecule has 0 bridgehead atoms. The summed E-state index contributed by atoms with van der Waals surface area (Å²) in [6, 6.07) is 3.88. The first-order valence-electron chi connectivity index (χ1n) is 7.41. The molecule has 23 heavy (non-hydrogen) atoms. The molecule has 0 spiro atoms. The van der Waals surface area contributed by atoms with Crippen molar-refractivity contribution in [3.05, 3.63) is 30.2 Å². The first-order valence-corrected chi connectivity index (χ1v) is 8.89. The van der Waals surface area contributed by atoms with E-state index < -0.39 is 21.9 Å². The van der Waals surface area contributed by atoms with Crippen LogP contribution in [0, 0.1) is 5.82 Å². The Labute approximate surface area is 134 Å². The van der Waals surface area contributed by atoms with Crippen molar-refractivity contribution in [2.75, 3.05) is 20.3 Å². The van der Waals surface area contributed by atoms with E-state index >= 15 is 0 Å². The van der Waals surface area contributed by atoms with Gasteiger partial charge in [-0.3, -0.25) is 0 Å². The fraction of sp³-hybridized carbons (Fsp3) is 0.467. The highest BCUT2D eigenvalue weighted by molar-refractivity contribution is 7.89. The van der Waals surface area contributed by atoms with Crippen LogP contribution in [-0.4, -0.2) is 45.9 Å². The summed E-state index contributed by atoms with van der Waals surface area (Å²) in [6.07, 6.45) is 2.71. The molecule has 2 atom stereocenters. The van der Waals surface area contributed by atoms with Crippen LogP contribution in [0.2, 0.25) is 0 Å². The third-order valence-corrected chi connectivity index (χ3v) is 5.49. The van der Waals surface area contributed by atoms with Crippen molar-refractivity contribution in [2.24, 2.45) is 0 Å². The largest absolute Gasteiger partial charge is 0.383 e. The lowest BCUT2D eigenvalue weighted by Gasteiger charge is -2.23. The lowest BCUT2D eigenvalue weighted by Crippen LogP contribution is -2.45. The van der Waals surface area contributed by atoms with Crippen molar-refractivity contribution in [3.8, 4) is 0 Å². The average molecular weight is 342 g/mol. The molecule has 1 fully saturated rings. The van der Waals surface area contributed by atoms with E-state index in [1.807, 2.05) is 0 Å². The number of halogens is 1. The predicted molar refractivity (Wildman–Crippen MR) is 83.2 cm³/mol. The van der Waals surface area contributed by atoms with Gasteiger partial charge < -0.3 is 14.5 Å². The molecule has 0 aliphatic carbocycles. The third kappa shape index (κ3) is 3.25. The van der Waals surface area contributed by atoms with Gasteiger partial charge in [0.1, 0.15) is 10.7 Å². The molecule has 0 saturated carbocycles. The summed E-state index contributed by atoms with van der Waals surface area (Å²) < 4.78 is 52.7. The maximum absolute atomic E-state index is 14.0. The minimum Gasteiger partial charge on any atom is -0.383 e. The minimum atomic E-state index is -3.91. The van der Waals surface area contributed by atoms with Gasteiger partial charge in [-0.25, -0.2) is 17.5 Å². The van der Waals surface area contributed by atoms with Crippen LogP contribution in [0.15, 0.2) is 29.3 Å². The van der Waals surface area contributed by atoms with Crippen LogP contribution in [0.25, 0.3) is 10.9 Å². The van der Waals surface area contributed by atoms with Gasteiger partial charge in [-0.05, 0) is 25.0 Å². The predicted octanol–water partition coefficient (Wildman–Crippen LogP) is 1.78. The molecule has 1 aromatic heterocycles. The van der Waals surface area contributed by atoms with Gasteiger partial charge in [-0.15, -0.1) is 0 Å². The second-order valence-electron chi connectivity index (χ2n) is 5.55. The van der Waals surface area contributed by atoms with E-state index in [0.29, 0.717) is 12.1 Å². The SMILES string of the molecule is COC[C@@H](NS(=O)(=O)c1c[nH]c2cccc(F)c12)[C@@H]1CCCO1. The molecule has 6 nitrogen and oxygen atoms in total. The number of aromatic amines is 1. The van der Waals surface area contributed by atoms with Gasteiger partial charge in [0.2, 0.25) is 10.0 Å². The zero-order valence-electron chi connectivity index (χ0n) is 12.7. The summed E-state index contributed by atoms with van der Waals surface area (Å²) in [5.74, 6) is -0.579. The second kappa shape index (κ2) is 6.56. The number of benzene rings is 1. The molecule has 2 heterocycles.